The number of hydrogen-bond donors (Lipinski definition) is 1. The Labute approximate surface area is 122 Å². The van der Waals surface area contributed by atoms with E-state index in [4.69, 9.17) is 26.8 Å². The van der Waals surface area contributed by atoms with Crippen molar-refractivity contribution in [3.8, 4) is 11.8 Å². The number of hydrogen-bond acceptors (Lipinski definition) is 5. The molecule has 0 aliphatic rings. The summed E-state index contributed by atoms with van der Waals surface area (Å²) in [5.74, 6) is 0.749. The Morgan fingerprint density at radius 1 is 1.25 bits per heavy atom. The van der Waals surface area contributed by atoms with Gasteiger partial charge in [0.05, 0.1) is 26.5 Å². The van der Waals surface area contributed by atoms with Crippen LogP contribution in [0.3, 0.4) is 0 Å². The highest BCUT2D eigenvalue weighted by Crippen LogP contribution is 2.26. The van der Waals surface area contributed by atoms with E-state index in [9.17, 15) is 0 Å². The van der Waals surface area contributed by atoms with Crippen LogP contribution in [0, 0.1) is 0 Å². The van der Waals surface area contributed by atoms with E-state index < -0.39 is 0 Å². The molecule has 0 spiro atoms. The molecule has 106 valence electrons. The number of halogens is 1. The monoisotopic (exact) mass is 293 g/mol. The molecule has 6 heteroatoms. The lowest BCUT2D eigenvalue weighted by Crippen LogP contribution is -2.17. The maximum absolute atomic E-state index is 6.18. The summed E-state index contributed by atoms with van der Waals surface area (Å²) in [5, 5.41) is 0.684. The van der Waals surface area contributed by atoms with Crippen LogP contribution in [-0.2, 0) is 6.42 Å². The predicted octanol–water partition coefficient (Wildman–Crippen LogP) is 2.39. The van der Waals surface area contributed by atoms with Crippen molar-refractivity contribution in [1.82, 2.24) is 9.97 Å². The fourth-order valence-corrected chi connectivity index (χ4v) is 2.08. The van der Waals surface area contributed by atoms with Crippen LogP contribution in [0.2, 0.25) is 5.02 Å². The van der Waals surface area contributed by atoms with Crippen molar-refractivity contribution < 1.29 is 9.47 Å². The van der Waals surface area contributed by atoms with Crippen LogP contribution in [-0.4, -0.2) is 24.2 Å². The molecule has 0 bridgehead atoms. The summed E-state index contributed by atoms with van der Waals surface area (Å²) >= 11 is 6.13. The Morgan fingerprint density at radius 3 is 2.65 bits per heavy atom. The molecule has 2 N–H and O–H groups in total. The average molecular weight is 294 g/mol. The van der Waals surface area contributed by atoms with Gasteiger partial charge in [-0.1, -0.05) is 29.8 Å². The first-order chi connectivity index (χ1) is 9.65. The molecule has 1 heterocycles. The van der Waals surface area contributed by atoms with Gasteiger partial charge in [-0.2, -0.15) is 4.98 Å². The van der Waals surface area contributed by atoms with Gasteiger partial charge in [0.15, 0.2) is 0 Å². The molecule has 0 saturated carbocycles. The zero-order chi connectivity index (χ0) is 14.5. The van der Waals surface area contributed by atoms with Gasteiger partial charge >= 0.3 is 0 Å². The van der Waals surface area contributed by atoms with Crippen molar-refractivity contribution in [2.24, 2.45) is 5.73 Å². The fraction of sp³-hybridized carbons (Fsp3) is 0.286. The van der Waals surface area contributed by atoms with Crippen LogP contribution in [0.1, 0.15) is 17.3 Å². The van der Waals surface area contributed by atoms with Crippen molar-refractivity contribution in [3.63, 3.8) is 0 Å². The highest BCUT2D eigenvalue weighted by Gasteiger charge is 2.17. The Balaban J connectivity index is 2.25. The van der Waals surface area contributed by atoms with E-state index in [1.54, 1.807) is 0 Å². The Bertz CT molecular complexity index is 592. The van der Waals surface area contributed by atoms with Crippen molar-refractivity contribution in [1.29, 1.82) is 0 Å². The van der Waals surface area contributed by atoms with Gasteiger partial charge in [-0.05, 0) is 18.1 Å². The molecule has 0 saturated heterocycles. The number of rotatable bonds is 5. The maximum Gasteiger partial charge on any atom is 0.240 e. The van der Waals surface area contributed by atoms with Gasteiger partial charge in [0.25, 0.3) is 0 Å². The minimum absolute atomic E-state index is 0.358. The lowest BCUT2D eigenvalue weighted by atomic mass is 10.0. The molecule has 5 nitrogen and oxygen atoms in total. The molecule has 0 aliphatic heterocycles. The summed E-state index contributed by atoms with van der Waals surface area (Å²) in [4.78, 5) is 8.44. The molecule has 0 amide bonds. The zero-order valence-electron chi connectivity index (χ0n) is 11.3. The first-order valence-corrected chi connectivity index (χ1v) is 6.47. The molecule has 2 aromatic rings. The van der Waals surface area contributed by atoms with Crippen molar-refractivity contribution in [2.45, 2.75) is 12.5 Å². The SMILES string of the molecule is COc1cnc(C(N)Cc2ccccc2Cl)c(OC)n1. The Kier molecular flexibility index (Phi) is 4.76. The normalized spacial score (nSPS) is 12.0. The van der Waals surface area contributed by atoms with Crippen LogP contribution >= 0.6 is 11.6 Å². The maximum atomic E-state index is 6.18. The molecule has 0 radical (unpaired) electrons. The van der Waals surface area contributed by atoms with E-state index >= 15 is 0 Å². The van der Waals surface area contributed by atoms with Crippen LogP contribution in [0.4, 0.5) is 0 Å². The molecule has 1 atom stereocenters. The molecular weight excluding hydrogens is 278 g/mol. The Morgan fingerprint density at radius 2 is 2.00 bits per heavy atom. The smallest absolute Gasteiger partial charge is 0.240 e. The number of aromatic nitrogens is 2. The van der Waals surface area contributed by atoms with Crippen molar-refractivity contribution in [2.75, 3.05) is 14.2 Å². The molecule has 2 rings (SSSR count). The second-order valence-electron chi connectivity index (χ2n) is 4.21. The number of nitrogens with zero attached hydrogens (tertiary/aromatic N) is 2. The predicted molar refractivity (Wildman–Crippen MR) is 77.2 cm³/mol. The van der Waals surface area contributed by atoms with Gasteiger partial charge in [-0.3, -0.25) is 0 Å². The summed E-state index contributed by atoms with van der Waals surface area (Å²) < 4.78 is 10.2. The van der Waals surface area contributed by atoms with E-state index in [-0.39, 0.29) is 6.04 Å². The van der Waals surface area contributed by atoms with E-state index in [0.29, 0.717) is 28.9 Å². The van der Waals surface area contributed by atoms with E-state index in [0.717, 1.165) is 5.56 Å². The molecule has 1 aromatic carbocycles. The van der Waals surface area contributed by atoms with Crippen molar-refractivity contribution >= 4 is 11.6 Å². The zero-order valence-corrected chi connectivity index (χ0v) is 12.1. The average Bonchev–Trinajstić information content (AvgIpc) is 2.48. The van der Waals surface area contributed by atoms with Crippen LogP contribution in [0.5, 0.6) is 11.8 Å². The quantitative estimate of drug-likeness (QED) is 0.916. The van der Waals surface area contributed by atoms with E-state index in [1.165, 1.54) is 20.4 Å². The highest BCUT2D eigenvalue weighted by molar-refractivity contribution is 6.31. The second-order valence-corrected chi connectivity index (χ2v) is 4.62. The molecule has 0 fully saturated rings. The third-order valence-corrected chi connectivity index (χ3v) is 3.27. The summed E-state index contributed by atoms with van der Waals surface area (Å²) in [6, 6.07) is 7.21. The topological polar surface area (TPSA) is 70.3 Å². The summed E-state index contributed by atoms with van der Waals surface area (Å²) in [7, 11) is 3.04. The summed E-state index contributed by atoms with van der Waals surface area (Å²) in [5.41, 5.74) is 7.72. The van der Waals surface area contributed by atoms with Crippen LogP contribution in [0.15, 0.2) is 30.5 Å². The number of ether oxygens (including phenoxy) is 2. The minimum Gasteiger partial charge on any atom is -0.480 e. The molecular formula is C14H16ClN3O2. The minimum atomic E-state index is -0.358. The third-order valence-electron chi connectivity index (χ3n) is 2.90. The summed E-state index contributed by atoms with van der Waals surface area (Å²) in [6.45, 7) is 0. The molecule has 1 aromatic heterocycles. The first-order valence-electron chi connectivity index (χ1n) is 6.09. The Hall–Kier alpha value is -1.85. The largest absolute Gasteiger partial charge is 0.480 e. The van der Waals surface area contributed by atoms with Crippen molar-refractivity contribution in [3.05, 3.63) is 46.7 Å². The van der Waals surface area contributed by atoms with E-state index in [2.05, 4.69) is 9.97 Å². The highest BCUT2D eigenvalue weighted by atomic mass is 35.5. The second kappa shape index (κ2) is 6.54. The van der Waals surface area contributed by atoms with Gasteiger partial charge in [-0.15, -0.1) is 0 Å². The molecule has 20 heavy (non-hydrogen) atoms. The van der Waals surface area contributed by atoms with Crippen LogP contribution < -0.4 is 15.2 Å². The lowest BCUT2D eigenvalue weighted by Gasteiger charge is -2.15. The van der Waals surface area contributed by atoms with Crippen LogP contribution in [0.25, 0.3) is 0 Å². The van der Waals surface area contributed by atoms with E-state index in [1.807, 2.05) is 24.3 Å². The number of methoxy groups -OCH3 is 2. The first kappa shape index (κ1) is 14.6. The van der Waals surface area contributed by atoms with Gasteiger partial charge < -0.3 is 15.2 Å². The van der Waals surface area contributed by atoms with Gasteiger partial charge in [0.2, 0.25) is 11.8 Å². The number of benzene rings is 1. The van der Waals surface area contributed by atoms with Gasteiger partial charge in [-0.25, -0.2) is 4.98 Å². The lowest BCUT2D eigenvalue weighted by molar-refractivity contribution is 0.353. The molecule has 1 unspecified atom stereocenters. The number of nitrogens with two attached hydrogens (primary N) is 1. The van der Waals surface area contributed by atoms with Gasteiger partial charge in [0, 0.05) is 5.02 Å². The standard InChI is InChI=1S/C14H16ClN3O2/c1-19-12-8-17-13(14(18-12)20-2)11(16)7-9-5-3-4-6-10(9)15/h3-6,8,11H,7,16H2,1-2H3. The fourth-order valence-electron chi connectivity index (χ4n) is 1.87. The third kappa shape index (κ3) is 3.18. The van der Waals surface area contributed by atoms with Gasteiger partial charge in [0.1, 0.15) is 5.69 Å². The summed E-state index contributed by atoms with van der Waals surface area (Å²) in [6.07, 6.45) is 2.07. The molecule has 0 aliphatic carbocycles.